The quantitative estimate of drug-likeness (QED) is 0.842. The van der Waals surface area contributed by atoms with E-state index >= 15 is 0 Å². The van der Waals surface area contributed by atoms with E-state index in [1.807, 2.05) is 31.2 Å². The number of hydrogen-bond donors (Lipinski definition) is 1. The SMILES string of the molecule is Cc1ccccc1SCC(O)c1ccccc1F. The van der Waals surface area contributed by atoms with Crippen molar-refractivity contribution in [2.24, 2.45) is 0 Å². The van der Waals surface area contributed by atoms with E-state index < -0.39 is 6.10 Å². The Morgan fingerprint density at radius 1 is 1.11 bits per heavy atom. The van der Waals surface area contributed by atoms with Gasteiger partial charge in [-0.3, -0.25) is 0 Å². The van der Waals surface area contributed by atoms with E-state index in [1.54, 1.807) is 30.0 Å². The predicted molar refractivity (Wildman–Crippen MR) is 73.3 cm³/mol. The number of hydrogen-bond acceptors (Lipinski definition) is 2. The van der Waals surface area contributed by atoms with Gasteiger partial charge in [-0.1, -0.05) is 36.4 Å². The highest BCUT2D eigenvalue weighted by Crippen LogP contribution is 2.27. The molecule has 2 aromatic rings. The Labute approximate surface area is 111 Å². The van der Waals surface area contributed by atoms with Crippen LogP contribution in [0.3, 0.4) is 0 Å². The maximum atomic E-state index is 13.5. The van der Waals surface area contributed by atoms with Crippen LogP contribution in [0.15, 0.2) is 53.4 Å². The lowest BCUT2D eigenvalue weighted by molar-refractivity contribution is 0.199. The second-order valence-electron chi connectivity index (χ2n) is 4.11. The molecule has 0 aromatic heterocycles. The predicted octanol–water partition coefficient (Wildman–Crippen LogP) is 3.96. The summed E-state index contributed by atoms with van der Waals surface area (Å²) in [4.78, 5) is 1.12. The van der Waals surface area contributed by atoms with Crippen LogP contribution >= 0.6 is 11.8 Å². The third kappa shape index (κ3) is 3.12. The molecule has 0 spiro atoms. The molecule has 0 aliphatic rings. The lowest BCUT2D eigenvalue weighted by atomic mass is 10.1. The minimum atomic E-state index is -0.782. The smallest absolute Gasteiger partial charge is 0.129 e. The van der Waals surface area contributed by atoms with Gasteiger partial charge in [0.05, 0.1) is 6.10 Å². The van der Waals surface area contributed by atoms with Gasteiger partial charge in [-0.15, -0.1) is 11.8 Å². The van der Waals surface area contributed by atoms with Crippen LogP contribution in [0, 0.1) is 12.7 Å². The van der Waals surface area contributed by atoms with E-state index in [9.17, 15) is 9.50 Å². The molecule has 2 aromatic carbocycles. The van der Waals surface area contributed by atoms with Crippen LogP contribution in [0.25, 0.3) is 0 Å². The summed E-state index contributed by atoms with van der Waals surface area (Å²) < 4.78 is 13.5. The van der Waals surface area contributed by atoms with Crippen LogP contribution in [0.4, 0.5) is 4.39 Å². The number of aliphatic hydroxyl groups excluding tert-OH is 1. The van der Waals surface area contributed by atoms with E-state index in [-0.39, 0.29) is 5.82 Å². The fraction of sp³-hybridized carbons (Fsp3) is 0.200. The number of halogens is 1. The lowest BCUT2D eigenvalue weighted by Crippen LogP contribution is -2.03. The highest BCUT2D eigenvalue weighted by atomic mass is 32.2. The summed E-state index contributed by atoms with van der Waals surface area (Å²) in [5, 5.41) is 9.99. The van der Waals surface area contributed by atoms with Crippen molar-refractivity contribution in [3.05, 3.63) is 65.5 Å². The molecule has 2 rings (SSSR count). The maximum absolute atomic E-state index is 13.5. The number of thioether (sulfide) groups is 1. The van der Waals surface area contributed by atoms with E-state index in [2.05, 4.69) is 0 Å². The van der Waals surface area contributed by atoms with E-state index in [0.29, 0.717) is 11.3 Å². The van der Waals surface area contributed by atoms with Crippen molar-refractivity contribution >= 4 is 11.8 Å². The van der Waals surface area contributed by atoms with Crippen molar-refractivity contribution in [2.45, 2.75) is 17.9 Å². The summed E-state index contributed by atoms with van der Waals surface area (Å²) in [6.45, 7) is 2.03. The molecule has 0 aliphatic carbocycles. The van der Waals surface area contributed by atoms with Crippen molar-refractivity contribution in [3.63, 3.8) is 0 Å². The van der Waals surface area contributed by atoms with Gasteiger partial charge in [0, 0.05) is 16.2 Å². The molecular weight excluding hydrogens is 247 g/mol. The van der Waals surface area contributed by atoms with Crippen LogP contribution < -0.4 is 0 Å². The van der Waals surface area contributed by atoms with Gasteiger partial charge in [-0.2, -0.15) is 0 Å². The molecule has 1 nitrogen and oxygen atoms in total. The minimum absolute atomic E-state index is 0.351. The van der Waals surface area contributed by atoms with E-state index in [4.69, 9.17) is 0 Å². The first kappa shape index (κ1) is 13.1. The molecule has 1 N–H and O–H groups in total. The summed E-state index contributed by atoms with van der Waals surface area (Å²) in [5.41, 5.74) is 1.53. The first-order valence-electron chi connectivity index (χ1n) is 5.79. The average molecular weight is 262 g/mol. The maximum Gasteiger partial charge on any atom is 0.129 e. The normalized spacial score (nSPS) is 12.4. The second-order valence-corrected chi connectivity index (χ2v) is 5.18. The Kier molecular flexibility index (Phi) is 4.39. The molecule has 0 bridgehead atoms. The third-order valence-corrected chi connectivity index (χ3v) is 4.01. The fourth-order valence-electron chi connectivity index (χ4n) is 1.72. The van der Waals surface area contributed by atoms with Crippen molar-refractivity contribution < 1.29 is 9.50 Å². The molecule has 3 heteroatoms. The molecule has 0 saturated heterocycles. The van der Waals surface area contributed by atoms with Crippen LogP contribution in [0.1, 0.15) is 17.2 Å². The molecule has 0 fully saturated rings. The molecule has 18 heavy (non-hydrogen) atoms. The topological polar surface area (TPSA) is 20.2 Å². The molecular formula is C15H15FOS. The average Bonchev–Trinajstić information content (AvgIpc) is 2.38. The lowest BCUT2D eigenvalue weighted by Gasteiger charge is -2.12. The summed E-state index contributed by atoms with van der Waals surface area (Å²) in [5.74, 6) is 0.0987. The van der Waals surface area contributed by atoms with E-state index in [0.717, 1.165) is 4.90 Å². The Morgan fingerprint density at radius 3 is 2.50 bits per heavy atom. The third-order valence-electron chi connectivity index (χ3n) is 2.75. The monoisotopic (exact) mass is 262 g/mol. The van der Waals surface area contributed by atoms with Gasteiger partial charge in [0.2, 0.25) is 0 Å². The fourth-order valence-corrected chi connectivity index (χ4v) is 2.71. The van der Waals surface area contributed by atoms with Gasteiger partial charge in [0.25, 0.3) is 0 Å². The number of aryl methyl sites for hydroxylation is 1. The number of aliphatic hydroxyl groups is 1. The van der Waals surface area contributed by atoms with Gasteiger partial charge >= 0.3 is 0 Å². The van der Waals surface area contributed by atoms with Crippen LogP contribution in [-0.4, -0.2) is 10.9 Å². The van der Waals surface area contributed by atoms with Gasteiger partial charge in [-0.05, 0) is 24.6 Å². The Bertz CT molecular complexity index is 527. The molecule has 94 valence electrons. The van der Waals surface area contributed by atoms with Crippen molar-refractivity contribution in [1.29, 1.82) is 0 Å². The van der Waals surface area contributed by atoms with Gasteiger partial charge in [-0.25, -0.2) is 4.39 Å². The van der Waals surface area contributed by atoms with Crippen LogP contribution in [0.2, 0.25) is 0 Å². The molecule has 0 heterocycles. The molecule has 0 aliphatic heterocycles. The van der Waals surface area contributed by atoms with Gasteiger partial charge in [0.15, 0.2) is 0 Å². The molecule has 1 unspecified atom stereocenters. The Balaban J connectivity index is 2.03. The van der Waals surface area contributed by atoms with Crippen molar-refractivity contribution in [3.8, 4) is 0 Å². The van der Waals surface area contributed by atoms with Crippen molar-refractivity contribution in [1.82, 2.24) is 0 Å². The standard InChI is InChI=1S/C15H15FOS/c1-11-6-2-5-9-15(11)18-10-14(17)12-7-3-4-8-13(12)16/h2-9,14,17H,10H2,1H3. The molecule has 0 radical (unpaired) electrons. The molecule has 0 amide bonds. The number of benzene rings is 2. The zero-order valence-corrected chi connectivity index (χ0v) is 11.0. The van der Waals surface area contributed by atoms with Crippen molar-refractivity contribution in [2.75, 3.05) is 5.75 Å². The highest BCUT2D eigenvalue weighted by molar-refractivity contribution is 7.99. The zero-order chi connectivity index (χ0) is 13.0. The van der Waals surface area contributed by atoms with Crippen LogP contribution in [-0.2, 0) is 0 Å². The zero-order valence-electron chi connectivity index (χ0n) is 10.1. The first-order valence-corrected chi connectivity index (χ1v) is 6.78. The Morgan fingerprint density at radius 2 is 1.78 bits per heavy atom. The summed E-state index contributed by atoms with van der Waals surface area (Å²) in [6, 6.07) is 14.3. The largest absolute Gasteiger partial charge is 0.387 e. The summed E-state index contributed by atoms with van der Waals surface area (Å²) in [6.07, 6.45) is -0.782. The highest BCUT2D eigenvalue weighted by Gasteiger charge is 2.12. The summed E-state index contributed by atoms with van der Waals surface area (Å²) >= 11 is 1.54. The van der Waals surface area contributed by atoms with Crippen LogP contribution in [0.5, 0.6) is 0 Å². The minimum Gasteiger partial charge on any atom is -0.387 e. The number of rotatable bonds is 4. The second kappa shape index (κ2) is 6.03. The van der Waals surface area contributed by atoms with Gasteiger partial charge in [0.1, 0.15) is 5.82 Å². The molecule has 0 saturated carbocycles. The summed E-state index contributed by atoms with van der Waals surface area (Å²) in [7, 11) is 0. The van der Waals surface area contributed by atoms with Gasteiger partial charge < -0.3 is 5.11 Å². The molecule has 1 atom stereocenters. The van der Waals surface area contributed by atoms with E-state index in [1.165, 1.54) is 11.6 Å². The first-order chi connectivity index (χ1) is 8.68. The Hall–Kier alpha value is -1.32.